The first kappa shape index (κ1) is 17.4. The standard InChI is InChI=1S/C23H25NO4/c1-4-9-22(2,3)24-17-8-6-5-7-15(17)23(21(24)25)14-28-18-13-20-19(12-16(18)23)26-10-11-27-20/h5-8,12-13H,4,9-11,14H2,1-3H3. The lowest BCUT2D eigenvalue weighted by molar-refractivity contribution is -0.123. The lowest BCUT2D eigenvalue weighted by Gasteiger charge is -2.37. The molecular formula is C23H25NO4. The van der Waals surface area contributed by atoms with Gasteiger partial charge in [0.05, 0.1) is 0 Å². The monoisotopic (exact) mass is 379 g/mol. The van der Waals surface area contributed by atoms with Gasteiger partial charge in [0.25, 0.3) is 0 Å². The summed E-state index contributed by atoms with van der Waals surface area (Å²) in [6.45, 7) is 7.79. The molecule has 1 amide bonds. The summed E-state index contributed by atoms with van der Waals surface area (Å²) in [5.41, 5.74) is 1.77. The maximum absolute atomic E-state index is 14.0. The van der Waals surface area contributed by atoms with Gasteiger partial charge in [-0.3, -0.25) is 4.79 Å². The number of fused-ring (bicyclic) bond motifs is 5. The Labute approximate surface area is 165 Å². The average Bonchev–Trinajstić information content (AvgIpc) is 3.17. The SMILES string of the molecule is CCCC(C)(C)N1C(=O)C2(COc3cc4c(cc32)OCCO4)c2ccccc21. The van der Waals surface area contributed by atoms with Gasteiger partial charge < -0.3 is 19.1 Å². The van der Waals surface area contributed by atoms with E-state index in [2.05, 4.69) is 32.9 Å². The van der Waals surface area contributed by atoms with E-state index < -0.39 is 5.41 Å². The molecule has 1 atom stereocenters. The summed E-state index contributed by atoms with van der Waals surface area (Å²) in [6.07, 6.45) is 1.94. The lowest BCUT2D eigenvalue weighted by atomic mass is 9.77. The van der Waals surface area contributed by atoms with Crippen molar-refractivity contribution in [3.8, 4) is 17.2 Å². The Balaban J connectivity index is 1.71. The van der Waals surface area contributed by atoms with Crippen LogP contribution in [-0.4, -0.2) is 31.3 Å². The highest BCUT2D eigenvalue weighted by atomic mass is 16.6. The highest BCUT2D eigenvalue weighted by Crippen LogP contribution is 2.56. The van der Waals surface area contributed by atoms with Gasteiger partial charge in [0, 0.05) is 22.9 Å². The van der Waals surface area contributed by atoms with Crippen LogP contribution in [0.25, 0.3) is 0 Å². The Morgan fingerprint density at radius 1 is 1.00 bits per heavy atom. The number of benzene rings is 2. The molecule has 1 spiro atoms. The summed E-state index contributed by atoms with van der Waals surface area (Å²) in [5.74, 6) is 2.17. The first-order valence-corrected chi connectivity index (χ1v) is 10.00. The van der Waals surface area contributed by atoms with Crippen molar-refractivity contribution in [1.29, 1.82) is 0 Å². The number of hydrogen-bond acceptors (Lipinski definition) is 4. The van der Waals surface area contributed by atoms with E-state index in [1.165, 1.54) is 0 Å². The summed E-state index contributed by atoms with van der Waals surface area (Å²) >= 11 is 0. The van der Waals surface area contributed by atoms with Crippen LogP contribution < -0.4 is 19.1 Å². The van der Waals surface area contributed by atoms with E-state index in [1.807, 2.05) is 29.2 Å². The molecule has 3 aliphatic heterocycles. The summed E-state index contributed by atoms with van der Waals surface area (Å²) < 4.78 is 17.6. The van der Waals surface area contributed by atoms with Crippen molar-refractivity contribution >= 4 is 11.6 Å². The quantitative estimate of drug-likeness (QED) is 0.807. The van der Waals surface area contributed by atoms with Crippen LogP contribution in [0, 0.1) is 0 Å². The van der Waals surface area contributed by atoms with Gasteiger partial charge in [-0.15, -0.1) is 0 Å². The highest BCUT2D eigenvalue weighted by molar-refractivity contribution is 6.12. The largest absolute Gasteiger partial charge is 0.491 e. The summed E-state index contributed by atoms with van der Waals surface area (Å²) in [5, 5.41) is 0. The van der Waals surface area contributed by atoms with Crippen LogP contribution in [0.5, 0.6) is 17.2 Å². The van der Waals surface area contributed by atoms with E-state index >= 15 is 0 Å². The van der Waals surface area contributed by atoms with Gasteiger partial charge in [0.2, 0.25) is 5.91 Å². The first-order valence-electron chi connectivity index (χ1n) is 10.00. The number of anilines is 1. The number of rotatable bonds is 3. The minimum atomic E-state index is -0.827. The van der Waals surface area contributed by atoms with E-state index in [1.54, 1.807) is 0 Å². The molecule has 0 N–H and O–H groups in total. The van der Waals surface area contributed by atoms with Crippen molar-refractivity contribution in [3.05, 3.63) is 47.5 Å². The second-order valence-corrected chi connectivity index (χ2v) is 8.41. The van der Waals surface area contributed by atoms with Crippen molar-refractivity contribution in [2.45, 2.75) is 44.6 Å². The molecule has 2 aromatic carbocycles. The third kappa shape index (κ3) is 2.16. The molecule has 0 aliphatic carbocycles. The number of para-hydroxylation sites is 1. The zero-order valence-corrected chi connectivity index (χ0v) is 16.6. The average molecular weight is 379 g/mol. The molecule has 5 heteroatoms. The molecule has 0 saturated carbocycles. The molecule has 0 bridgehead atoms. The molecular weight excluding hydrogens is 354 g/mol. The van der Waals surface area contributed by atoms with E-state index in [0.717, 1.165) is 29.7 Å². The first-order chi connectivity index (χ1) is 13.5. The van der Waals surface area contributed by atoms with E-state index in [9.17, 15) is 4.79 Å². The molecule has 3 heterocycles. The number of carbonyl (C=O) groups is 1. The fraction of sp³-hybridized carbons (Fsp3) is 0.435. The van der Waals surface area contributed by atoms with Gasteiger partial charge in [-0.2, -0.15) is 0 Å². The molecule has 1 unspecified atom stereocenters. The predicted octanol–water partition coefficient (Wildman–Crippen LogP) is 4.06. The Morgan fingerprint density at radius 2 is 1.71 bits per heavy atom. The van der Waals surface area contributed by atoms with Gasteiger partial charge in [-0.1, -0.05) is 31.5 Å². The molecule has 3 aliphatic rings. The Bertz CT molecular complexity index is 967. The van der Waals surface area contributed by atoms with Gasteiger partial charge in [0.15, 0.2) is 11.5 Å². The number of amides is 1. The summed E-state index contributed by atoms with van der Waals surface area (Å²) in [7, 11) is 0. The lowest BCUT2D eigenvalue weighted by Crippen LogP contribution is -2.51. The Morgan fingerprint density at radius 3 is 2.46 bits per heavy atom. The second-order valence-electron chi connectivity index (χ2n) is 8.41. The smallest absolute Gasteiger partial charge is 0.246 e. The molecule has 146 valence electrons. The van der Waals surface area contributed by atoms with Crippen molar-refractivity contribution < 1.29 is 19.0 Å². The second kappa shape index (κ2) is 5.90. The number of ether oxygens (including phenoxy) is 3. The molecule has 0 radical (unpaired) electrons. The van der Waals surface area contributed by atoms with Crippen LogP contribution in [0.2, 0.25) is 0 Å². The topological polar surface area (TPSA) is 48.0 Å². The summed E-state index contributed by atoms with van der Waals surface area (Å²) in [6, 6.07) is 11.9. The fourth-order valence-corrected chi connectivity index (χ4v) is 4.96. The van der Waals surface area contributed by atoms with Crippen LogP contribution in [0.15, 0.2) is 36.4 Å². The minimum absolute atomic E-state index is 0.0857. The third-order valence-corrected chi connectivity index (χ3v) is 6.19. The Kier molecular flexibility index (Phi) is 3.67. The normalized spacial score (nSPS) is 22.2. The van der Waals surface area contributed by atoms with Crippen molar-refractivity contribution in [3.63, 3.8) is 0 Å². The molecule has 5 nitrogen and oxygen atoms in total. The molecule has 5 rings (SSSR count). The molecule has 0 fully saturated rings. The van der Waals surface area contributed by atoms with Gasteiger partial charge in [0.1, 0.15) is 31.0 Å². The van der Waals surface area contributed by atoms with Crippen LogP contribution in [0.1, 0.15) is 44.7 Å². The zero-order chi connectivity index (χ0) is 19.5. The van der Waals surface area contributed by atoms with Crippen LogP contribution in [0.3, 0.4) is 0 Å². The molecule has 0 saturated heterocycles. The van der Waals surface area contributed by atoms with E-state index in [-0.39, 0.29) is 11.4 Å². The molecule has 28 heavy (non-hydrogen) atoms. The zero-order valence-electron chi connectivity index (χ0n) is 16.6. The van der Waals surface area contributed by atoms with E-state index in [4.69, 9.17) is 14.2 Å². The third-order valence-electron chi connectivity index (χ3n) is 6.19. The van der Waals surface area contributed by atoms with Crippen LogP contribution in [-0.2, 0) is 10.2 Å². The van der Waals surface area contributed by atoms with E-state index in [0.29, 0.717) is 37.1 Å². The van der Waals surface area contributed by atoms with Crippen molar-refractivity contribution in [2.75, 3.05) is 24.7 Å². The minimum Gasteiger partial charge on any atom is -0.491 e. The predicted molar refractivity (Wildman–Crippen MR) is 107 cm³/mol. The van der Waals surface area contributed by atoms with Crippen molar-refractivity contribution in [1.82, 2.24) is 0 Å². The van der Waals surface area contributed by atoms with Crippen LogP contribution >= 0.6 is 0 Å². The number of carbonyl (C=O) groups excluding carboxylic acids is 1. The number of hydrogen-bond donors (Lipinski definition) is 0. The maximum atomic E-state index is 14.0. The highest BCUT2D eigenvalue weighted by Gasteiger charge is 2.59. The van der Waals surface area contributed by atoms with Crippen LogP contribution in [0.4, 0.5) is 5.69 Å². The fourth-order valence-electron chi connectivity index (χ4n) is 4.96. The number of nitrogens with zero attached hydrogens (tertiary/aromatic N) is 1. The molecule has 2 aromatic rings. The molecule has 0 aromatic heterocycles. The maximum Gasteiger partial charge on any atom is 0.246 e. The van der Waals surface area contributed by atoms with Crippen molar-refractivity contribution in [2.24, 2.45) is 0 Å². The van der Waals surface area contributed by atoms with Gasteiger partial charge in [-0.05, 0) is 38.0 Å². The van der Waals surface area contributed by atoms with Gasteiger partial charge in [-0.25, -0.2) is 0 Å². The Hall–Kier alpha value is -2.69. The summed E-state index contributed by atoms with van der Waals surface area (Å²) in [4.78, 5) is 16.0. The van der Waals surface area contributed by atoms with Gasteiger partial charge >= 0.3 is 0 Å².